The Morgan fingerprint density at radius 3 is 2.54 bits per heavy atom. The minimum atomic E-state index is 0.127. The molecule has 3 aromatic carbocycles. The zero-order valence-electron chi connectivity index (χ0n) is 15.7. The summed E-state index contributed by atoms with van der Waals surface area (Å²) in [5.41, 5.74) is 4.03. The SMILES string of the molecule is CCCC(=O)c1ccc2nc(-c3ccc(OCc4ccccc4)cc3)oc2c1. The predicted octanol–water partition coefficient (Wildman–Crippen LogP) is 6.06. The van der Waals surface area contributed by atoms with Crippen LogP contribution in [0.15, 0.2) is 77.2 Å². The molecule has 1 aromatic heterocycles. The van der Waals surface area contributed by atoms with Gasteiger partial charge in [-0.3, -0.25) is 4.79 Å². The topological polar surface area (TPSA) is 52.3 Å². The first-order valence-corrected chi connectivity index (χ1v) is 9.44. The van der Waals surface area contributed by atoms with Crippen LogP contribution < -0.4 is 4.74 Å². The molecule has 28 heavy (non-hydrogen) atoms. The molecule has 0 aliphatic carbocycles. The first-order valence-electron chi connectivity index (χ1n) is 9.44. The van der Waals surface area contributed by atoms with Crippen LogP contribution in [0.5, 0.6) is 5.75 Å². The molecule has 4 heteroatoms. The van der Waals surface area contributed by atoms with Gasteiger partial charge in [-0.05, 0) is 54.4 Å². The first-order chi connectivity index (χ1) is 13.7. The number of carbonyl (C=O) groups is 1. The van der Waals surface area contributed by atoms with E-state index in [1.54, 1.807) is 6.07 Å². The van der Waals surface area contributed by atoms with Crippen molar-refractivity contribution < 1.29 is 13.9 Å². The van der Waals surface area contributed by atoms with Gasteiger partial charge in [0.25, 0.3) is 0 Å². The fourth-order valence-electron chi connectivity index (χ4n) is 3.03. The number of Topliss-reactive ketones (excluding diaryl/α,β-unsaturated/α-hetero) is 1. The van der Waals surface area contributed by atoms with Crippen molar-refractivity contribution in [3.63, 3.8) is 0 Å². The number of hydrogen-bond acceptors (Lipinski definition) is 4. The highest BCUT2D eigenvalue weighted by Crippen LogP contribution is 2.27. The van der Waals surface area contributed by atoms with Crippen molar-refractivity contribution >= 4 is 16.9 Å². The Kier molecular flexibility index (Phi) is 5.20. The lowest BCUT2D eigenvalue weighted by Crippen LogP contribution is -1.97. The lowest BCUT2D eigenvalue weighted by Gasteiger charge is -2.06. The third-order valence-electron chi connectivity index (χ3n) is 4.54. The minimum Gasteiger partial charge on any atom is -0.489 e. The summed E-state index contributed by atoms with van der Waals surface area (Å²) in [5.74, 6) is 1.45. The highest BCUT2D eigenvalue weighted by Gasteiger charge is 2.12. The van der Waals surface area contributed by atoms with E-state index >= 15 is 0 Å². The maximum Gasteiger partial charge on any atom is 0.227 e. The number of carbonyl (C=O) groups excluding carboxylic acids is 1. The average molecular weight is 371 g/mol. The third-order valence-corrected chi connectivity index (χ3v) is 4.54. The van der Waals surface area contributed by atoms with Crippen LogP contribution in [-0.4, -0.2) is 10.8 Å². The summed E-state index contributed by atoms with van der Waals surface area (Å²) in [7, 11) is 0. The molecule has 0 bridgehead atoms. The molecule has 4 nitrogen and oxygen atoms in total. The van der Waals surface area contributed by atoms with Gasteiger partial charge < -0.3 is 9.15 Å². The molecule has 0 fully saturated rings. The Balaban J connectivity index is 1.50. The zero-order valence-corrected chi connectivity index (χ0v) is 15.7. The second-order valence-electron chi connectivity index (χ2n) is 6.67. The van der Waals surface area contributed by atoms with Crippen molar-refractivity contribution in [1.82, 2.24) is 4.98 Å². The van der Waals surface area contributed by atoms with Crippen LogP contribution in [0.1, 0.15) is 35.7 Å². The molecule has 140 valence electrons. The quantitative estimate of drug-likeness (QED) is 0.371. The molecule has 0 atom stereocenters. The molecule has 1 heterocycles. The fraction of sp³-hybridized carbons (Fsp3) is 0.167. The van der Waals surface area contributed by atoms with Gasteiger partial charge in [-0.15, -0.1) is 0 Å². The van der Waals surface area contributed by atoms with Gasteiger partial charge in [-0.2, -0.15) is 0 Å². The van der Waals surface area contributed by atoms with Crippen LogP contribution in [0.3, 0.4) is 0 Å². The standard InChI is InChI=1S/C24H21NO3/c1-2-6-22(26)19-11-14-21-23(15-19)28-24(25-21)18-9-12-20(13-10-18)27-16-17-7-4-3-5-8-17/h3-5,7-15H,2,6,16H2,1H3. The molecule has 0 saturated heterocycles. The molecule has 0 saturated carbocycles. The number of rotatable bonds is 7. The van der Waals surface area contributed by atoms with E-state index in [9.17, 15) is 4.79 Å². The number of ketones is 1. The number of hydrogen-bond donors (Lipinski definition) is 0. The van der Waals surface area contributed by atoms with Crippen LogP contribution >= 0.6 is 0 Å². The Morgan fingerprint density at radius 1 is 1.00 bits per heavy atom. The molecule has 4 aromatic rings. The second-order valence-corrected chi connectivity index (χ2v) is 6.67. The minimum absolute atomic E-state index is 0.127. The summed E-state index contributed by atoms with van der Waals surface area (Å²) in [6.45, 7) is 2.52. The van der Waals surface area contributed by atoms with E-state index in [0.29, 0.717) is 30.1 Å². The van der Waals surface area contributed by atoms with E-state index in [1.165, 1.54) is 0 Å². The zero-order chi connectivity index (χ0) is 19.3. The molecule has 0 aliphatic heterocycles. The molecule has 0 aliphatic rings. The first kappa shape index (κ1) is 18.0. The second kappa shape index (κ2) is 8.09. The lowest BCUT2D eigenvalue weighted by atomic mass is 10.1. The van der Waals surface area contributed by atoms with Crippen molar-refractivity contribution in [2.45, 2.75) is 26.4 Å². The molecule has 0 radical (unpaired) electrons. The summed E-state index contributed by atoms with van der Waals surface area (Å²) in [4.78, 5) is 16.6. The van der Waals surface area contributed by atoms with E-state index in [1.807, 2.05) is 73.7 Å². The number of benzene rings is 3. The monoisotopic (exact) mass is 371 g/mol. The molecule has 4 rings (SSSR count). The molecule has 0 amide bonds. The Hall–Kier alpha value is -3.40. The smallest absolute Gasteiger partial charge is 0.227 e. The number of fused-ring (bicyclic) bond motifs is 1. The summed E-state index contributed by atoms with van der Waals surface area (Å²) in [5, 5.41) is 0. The van der Waals surface area contributed by atoms with E-state index < -0.39 is 0 Å². The maximum absolute atomic E-state index is 12.1. The van der Waals surface area contributed by atoms with Gasteiger partial charge in [-0.25, -0.2) is 4.98 Å². The predicted molar refractivity (Wildman–Crippen MR) is 109 cm³/mol. The Labute approximate surface area is 163 Å². The van der Waals surface area contributed by atoms with Gasteiger partial charge in [0.1, 0.15) is 17.9 Å². The summed E-state index contributed by atoms with van der Waals surface area (Å²) < 4.78 is 11.7. The average Bonchev–Trinajstić information content (AvgIpc) is 3.17. The Bertz CT molecular complexity index is 1080. The van der Waals surface area contributed by atoms with Crippen molar-refractivity contribution in [2.24, 2.45) is 0 Å². The van der Waals surface area contributed by atoms with Crippen molar-refractivity contribution in [2.75, 3.05) is 0 Å². The fourth-order valence-corrected chi connectivity index (χ4v) is 3.03. The molecular formula is C24H21NO3. The summed E-state index contributed by atoms with van der Waals surface area (Å²) >= 11 is 0. The van der Waals surface area contributed by atoms with Crippen LogP contribution in [0, 0.1) is 0 Å². The molecule has 0 unspecified atom stereocenters. The summed E-state index contributed by atoms with van der Waals surface area (Å²) in [6, 6.07) is 23.1. The van der Waals surface area contributed by atoms with Gasteiger partial charge in [0.2, 0.25) is 5.89 Å². The van der Waals surface area contributed by atoms with Crippen molar-refractivity contribution in [1.29, 1.82) is 0 Å². The maximum atomic E-state index is 12.1. The highest BCUT2D eigenvalue weighted by atomic mass is 16.5. The molecular weight excluding hydrogens is 350 g/mol. The van der Waals surface area contributed by atoms with Crippen LogP contribution in [0.25, 0.3) is 22.6 Å². The Morgan fingerprint density at radius 2 is 1.79 bits per heavy atom. The van der Waals surface area contributed by atoms with Gasteiger partial charge in [0.15, 0.2) is 11.4 Å². The summed E-state index contributed by atoms with van der Waals surface area (Å²) in [6.07, 6.45) is 1.37. The number of ether oxygens (including phenoxy) is 1. The van der Waals surface area contributed by atoms with E-state index in [2.05, 4.69) is 4.98 Å². The van der Waals surface area contributed by atoms with Crippen LogP contribution in [0.4, 0.5) is 0 Å². The molecule has 0 spiro atoms. The molecule has 0 N–H and O–H groups in total. The van der Waals surface area contributed by atoms with Gasteiger partial charge in [0.05, 0.1) is 0 Å². The van der Waals surface area contributed by atoms with Gasteiger partial charge >= 0.3 is 0 Å². The number of oxazole rings is 1. The number of aromatic nitrogens is 1. The normalized spacial score (nSPS) is 10.9. The largest absolute Gasteiger partial charge is 0.489 e. The van der Waals surface area contributed by atoms with Gasteiger partial charge in [0, 0.05) is 17.5 Å². The van der Waals surface area contributed by atoms with Crippen molar-refractivity contribution in [3.05, 3.63) is 83.9 Å². The van der Waals surface area contributed by atoms with E-state index in [0.717, 1.165) is 28.8 Å². The third kappa shape index (κ3) is 3.96. The van der Waals surface area contributed by atoms with Crippen LogP contribution in [0.2, 0.25) is 0 Å². The van der Waals surface area contributed by atoms with Gasteiger partial charge in [-0.1, -0.05) is 37.3 Å². The van der Waals surface area contributed by atoms with E-state index in [-0.39, 0.29) is 5.78 Å². The van der Waals surface area contributed by atoms with E-state index in [4.69, 9.17) is 9.15 Å². The van der Waals surface area contributed by atoms with Crippen LogP contribution in [-0.2, 0) is 6.61 Å². The lowest BCUT2D eigenvalue weighted by molar-refractivity contribution is 0.0981. The number of nitrogens with zero attached hydrogens (tertiary/aromatic N) is 1. The highest BCUT2D eigenvalue weighted by molar-refractivity contribution is 5.98. The van der Waals surface area contributed by atoms with Crippen molar-refractivity contribution in [3.8, 4) is 17.2 Å².